The van der Waals surface area contributed by atoms with Gasteiger partial charge in [-0.05, 0) is 30.4 Å². The highest BCUT2D eigenvalue weighted by Crippen LogP contribution is 2.38. The number of benzene rings is 1. The van der Waals surface area contributed by atoms with Gasteiger partial charge in [-0.15, -0.1) is 0 Å². The van der Waals surface area contributed by atoms with Crippen LogP contribution in [0.5, 0.6) is 5.75 Å². The number of carboxylic acids is 1. The average Bonchev–Trinajstić information content (AvgIpc) is 3.09. The van der Waals surface area contributed by atoms with Crippen molar-refractivity contribution in [3.63, 3.8) is 0 Å². The Balaban J connectivity index is 1.99. The minimum absolute atomic E-state index is 0.0737. The van der Waals surface area contributed by atoms with Gasteiger partial charge in [-0.3, -0.25) is 9.59 Å². The Morgan fingerprint density at radius 3 is 2.50 bits per heavy atom. The lowest BCUT2D eigenvalue weighted by Crippen LogP contribution is -2.33. The predicted molar refractivity (Wildman–Crippen MR) is 111 cm³/mol. The summed E-state index contributed by atoms with van der Waals surface area (Å²) in [4.78, 5) is 24.8. The summed E-state index contributed by atoms with van der Waals surface area (Å²) in [6.45, 7) is 6.01. The van der Waals surface area contributed by atoms with Crippen molar-refractivity contribution < 1.29 is 37.1 Å². The van der Waals surface area contributed by atoms with E-state index >= 15 is 0 Å². The molecule has 1 heterocycles. The molecule has 1 aromatic carbocycles. The number of hydrogen-bond donors (Lipinski definition) is 1. The number of nitrogens with zero attached hydrogens (tertiary/aromatic N) is 2. The third-order valence-corrected chi connectivity index (χ3v) is 5.05. The molecule has 0 aliphatic carbocycles. The fourth-order valence-electron chi connectivity index (χ4n) is 3.49. The number of hydrogen-bond acceptors (Lipinski definition) is 5. The smallest absolute Gasteiger partial charge is 0.437 e. The van der Waals surface area contributed by atoms with Crippen LogP contribution >= 0.6 is 0 Å². The second-order valence-electron chi connectivity index (χ2n) is 8.63. The number of ether oxygens (including phenoxy) is 1. The molecule has 2 aromatic rings. The van der Waals surface area contributed by atoms with Crippen LogP contribution in [0.4, 0.5) is 13.2 Å². The summed E-state index contributed by atoms with van der Waals surface area (Å²) in [7, 11) is 1.64. The molecule has 10 heteroatoms. The molecular formula is C22H29F3N2O5. The van der Waals surface area contributed by atoms with E-state index in [4.69, 9.17) is 14.4 Å². The zero-order valence-corrected chi connectivity index (χ0v) is 18.7. The molecule has 178 valence electrons. The van der Waals surface area contributed by atoms with Gasteiger partial charge in [0.25, 0.3) is 0 Å². The van der Waals surface area contributed by atoms with Gasteiger partial charge in [-0.25, -0.2) is 0 Å². The molecular weight excluding hydrogens is 429 g/mol. The Morgan fingerprint density at radius 1 is 1.22 bits per heavy atom. The molecule has 0 saturated heterocycles. The van der Waals surface area contributed by atoms with Crippen LogP contribution in [0.3, 0.4) is 0 Å². The van der Waals surface area contributed by atoms with E-state index < -0.39 is 23.3 Å². The van der Waals surface area contributed by atoms with Crippen LogP contribution in [-0.4, -0.2) is 47.2 Å². The number of aromatic nitrogens is 1. The highest BCUT2D eigenvalue weighted by atomic mass is 19.4. The van der Waals surface area contributed by atoms with Crippen molar-refractivity contribution in [2.45, 2.75) is 59.1 Å². The number of aryl methyl sites for hydroxylation is 1. The van der Waals surface area contributed by atoms with Gasteiger partial charge in [0.05, 0.1) is 18.4 Å². The summed E-state index contributed by atoms with van der Waals surface area (Å²) < 4.78 is 50.1. The van der Waals surface area contributed by atoms with Crippen LogP contribution in [-0.2, 0) is 22.2 Å². The first kappa shape index (κ1) is 25.5. The van der Waals surface area contributed by atoms with Gasteiger partial charge >= 0.3 is 12.1 Å². The second-order valence-corrected chi connectivity index (χ2v) is 8.63. The molecule has 1 N–H and O–H groups in total. The van der Waals surface area contributed by atoms with Gasteiger partial charge in [0.15, 0.2) is 11.3 Å². The third-order valence-electron chi connectivity index (χ3n) is 5.05. The summed E-state index contributed by atoms with van der Waals surface area (Å²) in [6.07, 6.45) is -2.95. The Bertz CT molecular complexity index is 953. The largest absolute Gasteiger partial charge is 0.493 e. The first-order valence-corrected chi connectivity index (χ1v) is 10.4. The molecule has 32 heavy (non-hydrogen) atoms. The van der Waals surface area contributed by atoms with Crippen LogP contribution in [0.25, 0.3) is 11.0 Å². The maximum atomic E-state index is 13.1. The van der Waals surface area contributed by atoms with E-state index in [1.54, 1.807) is 20.9 Å². The lowest BCUT2D eigenvalue weighted by molar-refractivity contribution is -0.142. The molecule has 2 rings (SSSR count). The van der Waals surface area contributed by atoms with Gasteiger partial charge in [0.1, 0.15) is 5.75 Å². The topological polar surface area (TPSA) is 92.9 Å². The number of carbonyl (C=O) groups is 2. The number of carboxylic acid groups (broad SMARTS) is 1. The molecule has 0 fully saturated rings. The van der Waals surface area contributed by atoms with Crippen molar-refractivity contribution in [1.29, 1.82) is 0 Å². The minimum Gasteiger partial charge on any atom is -0.493 e. The fraction of sp³-hybridized carbons (Fsp3) is 0.591. The molecule has 0 radical (unpaired) electrons. The number of carbonyl (C=O) groups excluding carboxylic acids is 1. The first-order valence-electron chi connectivity index (χ1n) is 10.4. The van der Waals surface area contributed by atoms with Crippen molar-refractivity contribution >= 4 is 22.8 Å². The first-order chi connectivity index (χ1) is 14.9. The lowest BCUT2D eigenvalue weighted by Gasteiger charge is -2.25. The molecule has 0 aliphatic rings. The van der Waals surface area contributed by atoms with Crippen LogP contribution in [0.2, 0.25) is 0 Å². The Labute approximate surface area is 184 Å². The van der Waals surface area contributed by atoms with Crippen LogP contribution in [0.1, 0.15) is 57.7 Å². The zero-order valence-electron chi connectivity index (χ0n) is 18.7. The number of amides is 1. The SMILES string of the molecule is CCCc1c(OCCCN(C)C(=O)CC(C)(C)CC(=O)O)ccc2c(C(F)(F)F)noc12. The van der Waals surface area contributed by atoms with E-state index in [9.17, 15) is 22.8 Å². The van der Waals surface area contributed by atoms with Crippen molar-refractivity contribution in [2.24, 2.45) is 5.41 Å². The molecule has 0 saturated carbocycles. The van der Waals surface area contributed by atoms with Crippen molar-refractivity contribution in [1.82, 2.24) is 10.1 Å². The Kier molecular flexibility index (Phi) is 8.14. The summed E-state index contributed by atoms with van der Waals surface area (Å²) in [6, 6.07) is 2.78. The molecule has 0 aliphatic heterocycles. The van der Waals surface area contributed by atoms with Crippen LogP contribution < -0.4 is 4.74 Å². The van der Waals surface area contributed by atoms with Crippen LogP contribution in [0.15, 0.2) is 16.7 Å². The number of halogens is 3. The second kappa shape index (κ2) is 10.2. The standard InChI is InChI=1S/C22H29F3N2O5/c1-5-7-14-16(9-8-15-19(14)32-26-20(15)22(23,24)25)31-11-6-10-27(4)17(28)12-21(2,3)13-18(29)30/h8-9H,5-7,10-13H2,1-4H3,(H,29,30). The summed E-state index contributed by atoms with van der Waals surface area (Å²) in [5.74, 6) is -0.681. The molecule has 1 amide bonds. The maximum absolute atomic E-state index is 13.1. The van der Waals surface area contributed by atoms with Gasteiger partial charge in [0, 0.05) is 25.6 Å². The third kappa shape index (κ3) is 6.61. The molecule has 0 spiro atoms. The van der Waals surface area contributed by atoms with E-state index in [1.165, 1.54) is 17.0 Å². The fourth-order valence-corrected chi connectivity index (χ4v) is 3.49. The van der Waals surface area contributed by atoms with Crippen molar-refractivity contribution in [3.05, 3.63) is 23.4 Å². The summed E-state index contributed by atoms with van der Waals surface area (Å²) >= 11 is 0. The van der Waals surface area contributed by atoms with E-state index in [0.717, 1.165) is 0 Å². The predicted octanol–water partition coefficient (Wildman–Crippen LogP) is 4.92. The normalized spacial score (nSPS) is 12.2. The summed E-state index contributed by atoms with van der Waals surface area (Å²) in [5, 5.41) is 12.0. The Hall–Kier alpha value is -2.78. The monoisotopic (exact) mass is 458 g/mol. The van der Waals surface area contributed by atoms with Gasteiger partial charge in [0.2, 0.25) is 5.91 Å². The molecule has 0 unspecified atom stereocenters. The summed E-state index contributed by atoms with van der Waals surface area (Å²) in [5.41, 5.74) is -1.09. The van der Waals surface area contributed by atoms with Crippen molar-refractivity contribution in [2.75, 3.05) is 20.2 Å². The highest BCUT2D eigenvalue weighted by molar-refractivity contribution is 5.85. The van der Waals surface area contributed by atoms with Gasteiger partial charge in [-0.1, -0.05) is 32.3 Å². The van der Waals surface area contributed by atoms with Gasteiger partial charge < -0.3 is 19.3 Å². The van der Waals surface area contributed by atoms with E-state index in [-0.39, 0.29) is 36.3 Å². The van der Waals surface area contributed by atoms with E-state index in [0.29, 0.717) is 37.1 Å². The van der Waals surface area contributed by atoms with E-state index in [2.05, 4.69) is 5.16 Å². The van der Waals surface area contributed by atoms with Crippen molar-refractivity contribution in [3.8, 4) is 5.75 Å². The van der Waals surface area contributed by atoms with Gasteiger partial charge in [-0.2, -0.15) is 13.2 Å². The quantitative estimate of drug-likeness (QED) is 0.481. The average molecular weight is 458 g/mol. The molecule has 1 aromatic heterocycles. The molecule has 0 bridgehead atoms. The van der Waals surface area contributed by atoms with E-state index in [1.807, 2.05) is 6.92 Å². The molecule has 0 atom stereocenters. The number of aliphatic carboxylic acids is 1. The highest BCUT2D eigenvalue weighted by Gasteiger charge is 2.37. The number of fused-ring (bicyclic) bond motifs is 1. The molecule has 7 nitrogen and oxygen atoms in total. The maximum Gasteiger partial charge on any atom is 0.437 e. The minimum atomic E-state index is -4.60. The lowest BCUT2D eigenvalue weighted by atomic mass is 9.85. The zero-order chi connectivity index (χ0) is 24.1. The number of alkyl halides is 3. The Morgan fingerprint density at radius 2 is 1.91 bits per heavy atom. The number of rotatable bonds is 11. The van der Waals surface area contributed by atoms with Crippen LogP contribution in [0, 0.1) is 5.41 Å².